The average Bonchev–Trinajstić information content (AvgIpc) is 1.83. The van der Waals surface area contributed by atoms with Crippen LogP contribution in [-0.4, -0.2) is 29.7 Å². The molecular weight excluding hydrogens is 104 g/mol. The summed E-state index contributed by atoms with van der Waals surface area (Å²) >= 11 is 0. The standard InChI is InChI=1S/C5H12N2O/c1-3-6-5-7(8)4-2/h5,8H,3-4H2,1-2H3/b6-5+. The topological polar surface area (TPSA) is 35.8 Å². The molecule has 0 spiro atoms. The lowest BCUT2D eigenvalue weighted by Gasteiger charge is -2.04. The molecule has 0 saturated heterocycles. The molecule has 0 heterocycles. The van der Waals surface area contributed by atoms with Gasteiger partial charge in [0.05, 0.1) is 0 Å². The van der Waals surface area contributed by atoms with E-state index in [-0.39, 0.29) is 0 Å². The Bertz CT molecular complexity index is 72.8. The Kier molecular flexibility index (Phi) is 4.26. The zero-order valence-corrected chi connectivity index (χ0v) is 5.33. The summed E-state index contributed by atoms with van der Waals surface area (Å²) in [5.41, 5.74) is 0. The molecule has 48 valence electrons. The van der Waals surface area contributed by atoms with Gasteiger partial charge in [-0.05, 0) is 13.8 Å². The van der Waals surface area contributed by atoms with E-state index in [0.717, 1.165) is 11.6 Å². The molecule has 0 radical (unpaired) electrons. The van der Waals surface area contributed by atoms with Gasteiger partial charge in [-0.25, -0.2) is 5.06 Å². The van der Waals surface area contributed by atoms with E-state index >= 15 is 0 Å². The fraction of sp³-hybridized carbons (Fsp3) is 0.800. The van der Waals surface area contributed by atoms with E-state index in [1.165, 1.54) is 6.34 Å². The number of nitrogens with zero attached hydrogens (tertiary/aromatic N) is 2. The quantitative estimate of drug-likeness (QED) is 0.335. The Morgan fingerprint density at radius 1 is 1.62 bits per heavy atom. The fourth-order valence-corrected chi connectivity index (χ4v) is 0.258. The van der Waals surface area contributed by atoms with Crippen molar-refractivity contribution in [3.8, 4) is 0 Å². The second-order valence-electron chi connectivity index (χ2n) is 1.37. The molecule has 0 aliphatic heterocycles. The number of hydroxylamine groups is 2. The first kappa shape index (κ1) is 7.43. The Morgan fingerprint density at radius 3 is 2.62 bits per heavy atom. The largest absolute Gasteiger partial charge is 0.288 e. The van der Waals surface area contributed by atoms with Crippen molar-refractivity contribution in [1.29, 1.82) is 0 Å². The highest BCUT2D eigenvalue weighted by Gasteiger charge is 1.81. The smallest absolute Gasteiger partial charge is 0.110 e. The summed E-state index contributed by atoms with van der Waals surface area (Å²) in [6, 6.07) is 0. The summed E-state index contributed by atoms with van der Waals surface area (Å²) in [5.74, 6) is 0. The SMILES string of the molecule is CC/N=C/N(O)CC. The average molecular weight is 116 g/mol. The highest BCUT2D eigenvalue weighted by Crippen LogP contribution is 1.72. The number of aliphatic imine (C=N–C) groups is 1. The van der Waals surface area contributed by atoms with Gasteiger partial charge in [-0.15, -0.1) is 0 Å². The van der Waals surface area contributed by atoms with Crippen LogP contribution in [0.25, 0.3) is 0 Å². The Balaban J connectivity index is 3.21. The van der Waals surface area contributed by atoms with E-state index < -0.39 is 0 Å². The summed E-state index contributed by atoms with van der Waals surface area (Å²) in [7, 11) is 0. The minimum atomic E-state index is 0.587. The lowest BCUT2D eigenvalue weighted by Crippen LogP contribution is -2.15. The normalized spacial score (nSPS) is 10.4. The summed E-state index contributed by atoms with van der Waals surface area (Å²) < 4.78 is 0. The molecule has 0 rings (SSSR count). The predicted molar refractivity (Wildman–Crippen MR) is 33.2 cm³/mol. The molecule has 0 atom stereocenters. The predicted octanol–water partition coefficient (Wildman–Crippen LogP) is 0.746. The van der Waals surface area contributed by atoms with Gasteiger partial charge in [0.15, 0.2) is 0 Å². The monoisotopic (exact) mass is 116 g/mol. The van der Waals surface area contributed by atoms with Crippen molar-refractivity contribution in [2.45, 2.75) is 13.8 Å². The number of hydrogen-bond donors (Lipinski definition) is 1. The maximum atomic E-state index is 8.67. The van der Waals surface area contributed by atoms with Crippen LogP contribution in [0, 0.1) is 0 Å². The minimum Gasteiger partial charge on any atom is -0.288 e. The highest BCUT2D eigenvalue weighted by molar-refractivity contribution is 5.52. The first-order chi connectivity index (χ1) is 3.81. The summed E-state index contributed by atoms with van der Waals surface area (Å²) in [4.78, 5) is 3.79. The molecule has 0 aromatic rings. The van der Waals surface area contributed by atoms with Crippen LogP contribution in [0.15, 0.2) is 4.99 Å². The maximum Gasteiger partial charge on any atom is 0.110 e. The Labute approximate surface area is 49.6 Å². The van der Waals surface area contributed by atoms with Crippen molar-refractivity contribution in [2.24, 2.45) is 4.99 Å². The molecule has 0 bridgehead atoms. The van der Waals surface area contributed by atoms with Crippen molar-refractivity contribution in [3.05, 3.63) is 0 Å². The molecule has 0 aliphatic rings. The fourth-order valence-electron chi connectivity index (χ4n) is 0.258. The molecule has 3 heteroatoms. The molecule has 0 unspecified atom stereocenters. The molecule has 0 fully saturated rings. The van der Waals surface area contributed by atoms with Gasteiger partial charge in [-0.3, -0.25) is 10.2 Å². The van der Waals surface area contributed by atoms with E-state index in [0.29, 0.717) is 6.54 Å². The van der Waals surface area contributed by atoms with E-state index in [9.17, 15) is 0 Å². The van der Waals surface area contributed by atoms with E-state index in [4.69, 9.17) is 5.21 Å². The van der Waals surface area contributed by atoms with Crippen LogP contribution >= 0.6 is 0 Å². The van der Waals surface area contributed by atoms with E-state index in [2.05, 4.69) is 4.99 Å². The number of rotatable bonds is 3. The second-order valence-corrected chi connectivity index (χ2v) is 1.37. The molecule has 0 saturated carbocycles. The van der Waals surface area contributed by atoms with Gasteiger partial charge in [-0.2, -0.15) is 0 Å². The molecule has 8 heavy (non-hydrogen) atoms. The molecule has 3 nitrogen and oxygen atoms in total. The van der Waals surface area contributed by atoms with Gasteiger partial charge in [-0.1, -0.05) is 0 Å². The Morgan fingerprint density at radius 2 is 2.25 bits per heavy atom. The zero-order chi connectivity index (χ0) is 6.41. The lowest BCUT2D eigenvalue weighted by molar-refractivity contribution is -0.00310. The van der Waals surface area contributed by atoms with Crippen LogP contribution in [0.4, 0.5) is 0 Å². The van der Waals surface area contributed by atoms with Crippen LogP contribution in [0.3, 0.4) is 0 Å². The Hall–Kier alpha value is -0.570. The summed E-state index contributed by atoms with van der Waals surface area (Å²) in [6.45, 7) is 5.07. The van der Waals surface area contributed by atoms with Crippen LogP contribution < -0.4 is 0 Å². The lowest BCUT2D eigenvalue weighted by atomic mass is 10.7. The van der Waals surface area contributed by atoms with Crippen LogP contribution in [0.2, 0.25) is 0 Å². The molecule has 0 aromatic heterocycles. The first-order valence-electron chi connectivity index (χ1n) is 2.76. The van der Waals surface area contributed by atoms with Gasteiger partial charge in [0.2, 0.25) is 0 Å². The minimum absolute atomic E-state index is 0.587. The van der Waals surface area contributed by atoms with Crippen LogP contribution in [0.1, 0.15) is 13.8 Å². The third kappa shape index (κ3) is 3.61. The summed E-state index contributed by atoms with van der Waals surface area (Å²) in [6.07, 6.45) is 1.42. The zero-order valence-electron chi connectivity index (χ0n) is 5.33. The first-order valence-corrected chi connectivity index (χ1v) is 2.76. The van der Waals surface area contributed by atoms with E-state index in [1.54, 1.807) is 0 Å². The van der Waals surface area contributed by atoms with Gasteiger partial charge in [0.1, 0.15) is 6.34 Å². The van der Waals surface area contributed by atoms with Gasteiger partial charge >= 0.3 is 0 Å². The maximum absolute atomic E-state index is 8.67. The molecule has 0 aromatic carbocycles. The molecule has 1 N–H and O–H groups in total. The van der Waals surface area contributed by atoms with Crippen molar-refractivity contribution < 1.29 is 5.21 Å². The van der Waals surface area contributed by atoms with Crippen LogP contribution in [0.5, 0.6) is 0 Å². The van der Waals surface area contributed by atoms with Gasteiger partial charge < -0.3 is 0 Å². The molecule has 0 aliphatic carbocycles. The van der Waals surface area contributed by atoms with Crippen molar-refractivity contribution in [3.63, 3.8) is 0 Å². The highest BCUT2D eigenvalue weighted by atomic mass is 16.5. The number of hydrogen-bond acceptors (Lipinski definition) is 2. The summed E-state index contributed by atoms with van der Waals surface area (Å²) in [5, 5.41) is 9.72. The van der Waals surface area contributed by atoms with Crippen molar-refractivity contribution in [2.75, 3.05) is 13.1 Å². The third-order valence-corrected chi connectivity index (χ3v) is 0.722. The molecular formula is C5H12N2O. The van der Waals surface area contributed by atoms with Crippen LogP contribution in [-0.2, 0) is 0 Å². The third-order valence-electron chi connectivity index (χ3n) is 0.722. The van der Waals surface area contributed by atoms with Crippen molar-refractivity contribution in [1.82, 2.24) is 5.06 Å². The van der Waals surface area contributed by atoms with Gasteiger partial charge in [0.25, 0.3) is 0 Å². The van der Waals surface area contributed by atoms with Crippen molar-refractivity contribution >= 4 is 6.34 Å². The van der Waals surface area contributed by atoms with E-state index in [1.807, 2.05) is 13.8 Å². The van der Waals surface area contributed by atoms with Gasteiger partial charge in [0, 0.05) is 13.1 Å². The second kappa shape index (κ2) is 4.59. The molecule has 0 amide bonds.